The van der Waals surface area contributed by atoms with Gasteiger partial charge < -0.3 is 15.5 Å². The summed E-state index contributed by atoms with van der Waals surface area (Å²) in [5.74, 6) is 0.135. The second-order valence-electron chi connectivity index (χ2n) is 7.99. The molecule has 0 atom stereocenters. The van der Waals surface area contributed by atoms with Crippen LogP contribution in [0.2, 0.25) is 0 Å². The van der Waals surface area contributed by atoms with Crippen LogP contribution in [0.25, 0.3) is 0 Å². The number of piperazine rings is 1. The van der Waals surface area contributed by atoms with Crippen molar-refractivity contribution < 1.29 is 9.59 Å². The number of allylic oxidation sites excluding steroid dienone is 3. The van der Waals surface area contributed by atoms with Crippen LogP contribution in [0.15, 0.2) is 78.7 Å². The highest BCUT2D eigenvalue weighted by Crippen LogP contribution is 2.24. The van der Waals surface area contributed by atoms with Crippen LogP contribution < -0.4 is 15.5 Å². The van der Waals surface area contributed by atoms with Gasteiger partial charge in [-0.25, -0.2) is 4.98 Å². The third-order valence-electron chi connectivity index (χ3n) is 5.88. The molecule has 2 aromatic rings. The molecule has 1 fully saturated rings. The van der Waals surface area contributed by atoms with Crippen LogP contribution in [-0.2, 0) is 17.8 Å². The van der Waals surface area contributed by atoms with Crippen LogP contribution in [0.1, 0.15) is 28.5 Å². The first kappa shape index (κ1) is 22.5. The van der Waals surface area contributed by atoms with Gasteiger partial charge in [0, 0.05) is 26.2 Å². The van der Waals surface area contributed by atoms with Crippen molar-refractivity contribution in [3.05, 3.63) is 95.5 Å². The number of fused-ring (bicyclic) bond motifs is 1. The molecule has 33 heavy (non-hydrogen) atoms. The predicted molar refractivity (Wildman–Crippen MR) is 130 cm³/mol. The number of nitrogens with one attached hydrogen (secondary N) is 2. The van der Waals surface area contributed by atoms with E-state index in [9.17, 15) is 9.59 Å². The van der Waals surface area contributed by atoms with Crippen molar-refractivity contribution in [3.8, 4) is 0 Å². The molecule has 0 unspecified atom stereocenters. The molecule has 2 aliphatic heterocycles. The molecule has 2 amide bonds. The van der Waals surface area contributed by atoms with Gasteiger partial charge >= 0.3 is 0 Å². The molecule has 0 saturated carbocycles. The maximum Gasteiger partial charge on any atom is 0.274 e. The van der Waals surface area contributed by atoms with Gasteiger partial charge in [-0.05, 0) is 36.3 Å². The Morgan fingerprint density at radius 3 is 2.61 bits per heavy atom. The van der Waals surface area contributed by atoms with E-state index in [4.69, 9.17) is 0 Å². The molecule has 1 aromatic carbocycles. The molecule has 0 radical (unpaired) electrons. The molecule has 0 aliphatic carbocycles. The fourth-order valence-electron chi connectivity index (χ4n) is 4.16. The SMILES string of the molecule is C=C/C=C(\C(=C/C)NC(=O)c1cccc(N2Cc3ccccc3CC2=O)n1)N1CCNCC1. The number of pyridine rings is 1. The van der Waals surface area contributed by atoms with Crippen molar-refractivity contribution in [1.29, 1.82) is 0 Å². The molecule has 2 N–H and O–H groups in total. The Hall–Kier alpha value is -3.71. The number of amides is 2. The molecule has 170 valence electrons. The first-order valence-electron chi connectivity index (χ1n) is 11.2. The van der Waals surface area contributed by atoms with Gasteiger partial charge in [0.2, 0.25) is 5.91 Å². The summed E-state index contributed by atoms with van der Waals surface area (Å²) in [7, 11) is 0. The Bertz CT molecular complexity index is 1120. The molecular weight excluding hydrogens is 414 g/mol. The monoisotopic (exact) mass is 443 g/mol. The molecule has 0 bridgehead atoms. The minimum atomic E-state index is -0.320. The molecule has 0 spiro atoms. The Morgan fingerprint density at radius 2 is 1.88 bits per heavy atom. The largest absolute Gasteiger partial charge is 0.367 e. The van der Waals surface area contributed by atoms with E-state index in [2.05, 4.69) is 27.1 Å². The highest BCUT2D eigenvalue weighted by atomic mass is 16.2. The summed E-state index contributed by atoms with van der Waals surface area (Å²) in [6.45, 7) is 9.63. The van der Waals surface area contributed by atoms with E-state index in [1.54, 1.807) is 29.2 Å². The van der Waals surface area contributed by atoms with Gasteiger partial charge in [-0.15, -0.1) is 0 Å². The lowest BCUT2D eigenvalue weighted by molar-refractivity contribution is -0.118. The van der Waals surface area contributed by atoms with Gasteiger partial charge in [0.15, 0.2) is 0 Å². The smallest absolute Gasteiger partial charge is 0.274 e. The zero-order chi connectivity index (χ0) is 23.2. The average Bonchev–Trinajstić information content (AvgIpc) is 2.86. The van der Waals surface area contributed by atoms with Crippen molar-refractivity contribution in [2.24, 2.45) is 0 Å². The highest BCUT2D eigenvalue weighted by molar-refractivity contribution is 5.97. The van der Waals surface area contributed by atoms with E-state index < -0.39 is 0 Å². The Balaban J connectivity index is 1.53. The summed E-state index contributed by atoms with van der Waals surface area (Å²) in [5, 5.41) is 6.34. The average molecular weight is 444 g/mol. The lowest BCUT2D eigenvalue weighted by Gasteiger charge is -2.32. The van der Waals surface area contributed by atoms with Gasteiger partial charge in [0.05, 0.1) is 24.4 Å². The third-order valence-corrected chi connectivity index (χ3v) is 5.88. The van der Waals surface area contributed by atoms with E-state index in [0.29, 0.717) is 24.5 Å². The number of hydrogen-bond acceptors (Lipinski definition) is 5. The Kier molecular flexibility index (Phi) is 7.00. The molecule has 4 rings (SSSR count). The summed E-state index contributed by atoms with van der Waals surface area (Å²) in [6, 6.07) is 13.1. The second-order valence-corrected chi connectivity index (χ2v) is 7.99. The molecule has 7 heteroatoms. The van der Waals surface area contributed by atoms with Crippen molar-refractivity contribution in [1.82, 2.24) is 20.5 Å². The first-order valence-corrected chi connectivity index (χ1v) is 11.2. The number of carbonyl (C=O) groups is 2. The van der Waals surface area contributed by atoms with Crippen LogP contribution in [-0.4, -0.2) is 47.9 Å². The minimum absolute atomic E-state index is 0.0252. The van der Waals surface area contributed by atoms with Crippen molar-refractivity contribution in [3.63, 3.8) is 0 Å². The molecule has 7 nitrogen and oxygen atoms in total. The number of carbonyl (C=O) groups excluding carboxylic acids is 2. The van der Waals surface area contributed by atoms with E-state index in [0.717, 1.165) is 43.0 Å². The lowest BCUT2D eigenvalue weighted by Crippen LogP contribution is -2.44. The number of anilines is 1. The van der Waals surface area contributed by atoms with Crippen LogP contribution >= 0.6 is 0 Å². The topological polar surface area (TPSA) is 77.6 Å². The quantitative estimate of drug-likeness (QED) is 0.672. The number of rotatable bonds is 6. The van der Waals surface area contributed by atoms with Gasteiger partial charge in [0.25, 0.3) is 5.91 Å². The maximum atomic E-state index is 13.1. The zero-order valence-corrected chi connectivity index (χ0v) is 18.9. The summed E-state index contributed by atoms with van der Waals surface area (Å²) >= 11 is 0. The standard InChI is InChI=1S/C26H29N5O2/c1-3-8-23(30-15-13-27-14-16-30)21(4-2)29-26(33)22-11-7-12-24(28-22)31-18-20-10-6-5-9-19(20)17-25(31)32/h3-12,27H,1,13-18H2,2H3,(H,29,33)/b21-4+,23-8+. The van der Waals surface area contributed by atoms with Gasteiger partial charge in [-0.2, -0.15) is 0 Å². The molecular formula is C26H29N5O2. The van der Waals surface area contributed by atoms with Gasteiger partial charge in [-0.3, -0.25) is 14.5 Å². The molecule has 2 aliphatic rings. The normalized spacial score (nSPS) is 16.9. The third kappa shape index (κ3) is 5.04. The van der Waals surface area contributed by atoms with Crippen molar-refractivity contribution in [2.75, 3.05) is 31.1 Å². The van der Waals surface area contributed by atoms with Gasteiger partial charge in [-0.1, -0.05) is 49.1 Å². The van der Waals surface area contributed by atoms with Crippen LogP contribution in [0.4, 0.5) is 5.82 Å². The molecule has 1 aromatic heterocycles. The van der Waals surface area contributed by atoms with E-state index >= 15 is 0 Å². The van der Waals surface area contributed by atoms with Crippen molar-refractivity contribution >= 4 is 17.6 Å². The number of benzene rings is 1. The highest BCUT2D eigenvalue weighted by Gasteiger charge is 2.25. The zero-order valence-electron chi connectivity index (χ0n) is 18.9. The number of aromatic nitrogens is 1. The first-order chi connectivity index (χ1) is 16.1. The number of hydrogen-bond donors (Lipinski definition) is 2. The predicted octanol–water partition coefficient (Wildman–Crippen LogP) is 2.78. The fourth-order valence-corrected chi connectivity index (χ4v) is 4.16. The van der Waals surface area contributed by atoms with E-state index in [-0.39, 0.29) is 17.5 Å². The maximum absolute atomic E-state index is 13.1. The van der Waals surface area contributed by atoms with Crippen molar-refractivity contribution in [2.45, 2.75) is 19.9 Å². The summed E-state index contributed by atoms with van der Waals surface area (Å²) in [5.41, 5.74) is 4.02. The Labute approximate surface area is 194 Å². The number of nitrogens with zero attached hydrogens (tertiary/aromatic N) is 3. The minimum Gasteiger partial charge on any atom is -0.367 e. The molecule has 3 heterocycles. The van der Waals surface area contributed by atoms with Crippen LogP contribution in [0.5, 0.6) is 0 Å². The summed E-state index contributed by atoms with van der Waals surface area (Å²) < 4.78 is 0. The van der Waals surface area contributed by atoms with E-state index in [1.807, 2.05) is 43.3 Å². The van der Waals surface area contributed by atoms with Crippen LogP contribution in [0.3, 0.4) is 0 Å². The molecule has 1 saturated heterocycles. The van der Waals surface area contributed by atoms with Crippen LogP contribution in [0, 0.1) is 0 Å². The fraction of sp³-hybridized carbons (Fsp3) is 0.269. The Morgan fingerprint density at radius 1 is 1.12 bits per heavy atom. The summed E-state index contributed by atoms with van der Waals surface area (Å²) in [4.78, 5) is 34.3. The lowest BCUT2D eigenvalue weighted by atomic mass is 9.99. The summed E-state index contributed by atoms with van der Waals surface area (Å²) in [6.07, 6.45) is 5.85. The van der Waals surface area contributed by atoms with E-state index in [1.165, 1.54) is 0 Å². The van der Waals surface area contributed by atoms with Gasteiger partial charge in [0.1, 0.15) is 11.5 Å². The second kappa shape index (κ2) is 10.3.